The van der Waals surface area contributed by atoms with Crippen LogP contribution in [0.2, 0.25) is 0 Å². The van der Waals surface area contributed by atoms with E-state index in [1.54, 1.807) is 0 Å². The molecule has 0 atom stereocenters. The molecule has 5 N–H and O–H groups in total. The third kappa shape index (κ3) is 7.21. The molecule has 1 fully saturated rings. The zero-order chi connectivity index (χ0) is 12.9. The molecule has 1 aliphatic carbocycles. The van der Waals surface area contributed by atoms with E-state index in [1.807, 2.05) is 0 Å². The number of guanidine groups is 2. The number of hydrogen-bond acceptors (Lipinski definition) is 2. The van der Waals surface area contributed by atoms with Crippen molar-refractivity contribution in [3.05, 3.63) is 0 Å². The highest BCUT2D eigenvalue weighted by Crippen LogP contribution is 2.20. The Morgan fingerprint density at radius 3 is 2.11 bits per heavy atom. The maximum Gasteiger partial charge on any atom is 0.506 e. The molecule has 18 heavy (non-hydrogen) atoms. The van der Waals surface area contributed by atoms with Crippen molar-refractivity contribution in [2.75, 3.05) is 0 Å². The van der Waals surface area contributed by atoms with Crippen LogP contribution in [0.1, 0.15) is 32.1 Å². The summed E-state index contributed by atoms with van der Waals surface area (Å²) in [6.45, 7) is 0. The van der Waals surface area contributed by atoms with Gasteiger partial charge >= 0.3 is 6.30 Å². The van der Waals surface area contributed by atoms with Gasteiger partial charge in [0.25, 0.3) is 0 Å². The summed E-state index contributed by atoms with van der Waals surface area (Å²) < 4.78 is 35.5. The molecule has 9 heteroatoms. The van der Waals surface area contributed by atoms with E-state index in [0.717, 1.165) is 32.1 Å². The van der Waals surface area contributed by atoms with Crippen molar-refractivity contribution < 1.29 is 13.2 Å². The summed E-state index contributed by atoms with van der Waals surface area (Å²) in [6, 6.07) is 0.0648. The summed E-state index contributed by atoms with van der Waals surface area (Å²) in [5.74, 6) is -0.919. The molecule has 106 valence electrons. The molecule has 0 saturated heterocycles. The molecule has 0 bridgehead atoms. The molecule has 0 spiro atoms. The highest BCUT2D eigenvalue weighted by atomic mass is 35.5. The van der Waals surface area contributed by atoms with E-state index in [1.165, 1.54) is 0 Å². The van der Waals surface area contributed by atoms with Crippen LogP contribution in [0.15, 0.2) is 9.98 Å². The predicted octanol–water partition coefficient (Wildman–Crippen LogP) is 1.48. The van der Waals surface area contributed by atoms with E-state index < -0.39 is 12.3 Å². The van der Waals surface area contributed by atoms with Gasteiger partial charge in [-0.05, 0) is 12.8 Å². The maximum absolute atomic E-state index is 11.8. The molecule has 0 aromatic heterocycles. The van der Waals surface area contributed by atoms with Gasteiger partial charge in [-0.1, -0.05) is 19.3 Å². The summed E-state index contributed by atoms with van der Waals surface area (Å²) in [6.07, 6.45) is 0.387. The van der Waals surface area contributed by atoms with Crippen molar-refractivity contribution in [2.45, 2.75) is 44.4 Å². The van der Waals surface area contributed by atoms with Gasteiger partial charge in [0, 0.05) is 0 Å². The van der Waals surface area contributed by atoms with E-state index in [-0.39, 0.29) is 24.4 Å². The smallest absolute Gasteiger partial charge is 0.370 e. The molecule has 1 rings (SSSR count). The van der Waals surface area contributed by atoms with Gasteiger partial charge in [-0.2, -0.15) is 4.99 Å². The van der Waals surface area contributed by atoms with Crippen LogP contribution >= 0.6 is 12.4 Å². The first-order chi connectivity index (χ1) is 7.87. The maximum atomic E-state index is 11.8. The minimum Gasteiger partial charge on any atom is -0.370 e. The largest absolute Gasteiger partial charge is 0.506 e. The molecule has 0 unspecified atom stereocenters. The van der Waals surface area contributed by atoms with Gasteiger partial charge in [0.15, 0.2) is 5.96 Å². The zero-order valence-corrected chi connectivity index (χ0v) is 10.5. The van der Waals surface area contributed by atoms with Crippen molar-refractivity contribution in [1.82, 2.24) is 5.32 Å². The standard InChI is InChI=1S/C9H16F3N5.ClH/c10-9(11,12)17-8(14)16-7(13)15-6-4-2-1-3-5-6;/h6H,1-5H2,(H5,13,14,15,16,17);1H. The van der Waals surface area contributed by atoms with E-state index in [0.29, 0.717) is 0 Å². The number of alkyl halides is 3. The quantitative estimate of drug-likeness (QED) is 0.388. The summed E-state index contributed by atoms with van der Waals surface area (Å²) in [4.78, 5) is 6.33. The monoisotopic (exact) mass is 287 g/mol. The normalized spacial score (nSPS) is 19.3. The number of rotatable bonds is 1. The lowest BCUT2D eigenvalue weighted by Crippen LogP contribution is -2.43. The van der Waals surface area contributed by atoms with Gasteiger partial charge in [-0.15, -0.1) is 25.6 Å². The van der Waals surface area contributed by atoms with Crippen molar-refractivity contribution in [2.24, 2.45) is 21.5 Å². The lowest BCUT2D eigenvalue weighted by atomic mass is 9.96. The first kappa shape index (κ1) is 16.8. The number of nitrogens with two attached hydrogens (primary N) is 2. The predicted molar refractivity (Wildman–Crippen MR) is 66.6 cm³/mol. The molecule has 0 aromatic rings. The number of nitrogens with zero attached hydrogens (tertiary/aromatic N) is 2. The van der Waals surface area contributed by atoms with Crippen LogP contribution in [0.25, 0.3) is 0 Å². The molecule has 1 aliphatic rings. The van der Waals surface area contributed by atoms with Crippen LogP contribution in [0, 0.1) is 0 Å². The average molecular weight is 288 g/mol. The first-order valence-electron chi connectivity index (χ1n) is 5.39. The minimum absolute atomic E-state index is 0. The fourth-order valence-corrected chi connectivity index (χ4v) is 1.73. The highest BCUT2D eigenvalue weighted by Gasteiger charge is 2.26. The second-order valence-corrected chi connectivity index (χ2v) is 3.90. The average Bonchev–Trinajstić information content (AvgIpc) is 2.15. The Kier molecular flexibility index (Phi) is 6.82. The van der Waals surface area contributed by atoms with Crippen LogP contribution in [-0.4, -0.2) is 24.3 Å². The Bertz CT molecular complexity index is 310. The van der Waals surface area contributed by atoms with Gasteiger partial charge in [-0.25, -0.2) is 4.99 Å². The Hall–Kier alpha value is -1.18. The van der Waals surface area contributed by atoms with Crippen molar-refractivity contribution in [3.63, 3.8) is 0 Å². The Labute approximate surface area is 109 Å². The number of hydrogen-bond donors (Lipinski definition) is 3. The molecular weight excluding hydrogens is 271 g/mol. The SMILES string of the molecule is Cl.NC(=NC1CCCCC1)NC(N)=NC(F)(F)F. The molecule has 1 saturated carbocycles. The summed E-state index contributed by atoms with van der Waals surface area (Å²) in [5.41, 5.74) is 10.5. The minimum atomic E-state index is -4.71. The third-order valence-corrected chi connectivity index (χ3v) is 2.40. The van der Waals surface area contributed by atoms with Crippen LogP contribution in [0.3, 0.4) is 0 Å². The van der Waals surface area contributed by atoms with E-state index in [2.05, 4.69) is 15.3 Å². The first-order valence-corrected chi connectivity index (χ1v) is 5.39. The van der Waals surface area contributed by atoms with Gasteiger partial charge in [-0.3, -0.25) is 5.32 Å². The Balaban J connectivity index is 0.00000289. The van der Waals surface area contributed by atoms with Crippen LogP contribution in [-0.2, 0) is 0 Å². The lowest BCUT2D eigenvalue weighted by molar-refractivity contribution is -0.119. The van der Waals surface area contributed by atoms with E-state index >= 15 is 0 Å². The van der Waals surface area contributed by atoms with Crippen LogP contribution in [0.4, 0.5) is 13.2 Å². The number of aliphatic imine (C=N–C) groups is 2. The fraction of sp³-hybridized carbons (Fsp3) is 0.778. The third-order valence-electron chi connectivity index (χ3n) is 2.40. The molecule has 0 aliphatic heterocycles. The molecule has 0 radical (unpaired) electrons. The molecule has 0 heterocycles. The molecule has 5 nitrogen and oxygen atoms in total. The van der Waals surface area contributed by atoms with Crippen molar-refractivity contribution >= 4 is 24.3 Å². The Morgan fingerprint density at radius 1 is 1.06 bits per heavy atom. The second-order valence-electron chi connectivity index (χ2n) is 3.90. The van der Waals surface area contributed by atoms with Crippen molar-refractivity contribution in [3.8, 4) is 0 Å². The topological polar surface area (TPSA) is 88.8 Å². The van der Waals surface area contributed by atoms with Gasteiger partial charge in [0.2, 0.25) is 5.96 Å². The van der Waals surface area contributed by atoms with E-state index in [9.17, 15) is 13.2 Å². The van der Waals surface area contributed by atoms with Gasteiger partial charge < -0.3 is 11.5 Å². The van der Waals surface area contributed by atoms with Gasteiger partial charge in [0.05, 0.1) is 6.04 Å². The van der Waals surface area contributed by atoms with Crippen LogP contribution < -0.4 is 16.8 Å². The van der Waals surface area contributed by atoms with Crippen LogP contribution in [0.5, 0.6) is 0 Å². The number of halogens is 4. The molecule has 0 amide bonds. The Morgan fingerprint density at radius 2 is 1.61 bits per heavy atom. The van der Waals surface area contributed by atoms with E-state index in [4.69, 9.17) is 11.5 Å². The number of nitrogens with one attached hydrogen (secondary N) is 1. The lowest BCUT2D eigenvalue weighted by Gasteiger charge is -2.18. The summed E-state index contributed by atoms with van der Waals surface area (Å²) in [7, 11) is 0. The summed E-state index contributed by atoms with van der Waals surface area (Å²) in [5, 5.41) is 2.12. The van der Waals surface area contributed by atoms with Gasteiger partial charge in [0.1, 0.15) is 0 Å². The molecule has 0 aromatic carbocycles. The fourth-order valence-electron chi connectivity index (χ4n) is 1.73. The highest BCUT2D eigenvalue weighted by molar-refractivity contribution is 5.97. The molecular formula is C9H17ClF3N5. The second kappa shape index (κ2) is 7.30. The van der Waals surface area contributed by atoms with Crippen molar-refractivity contribution in [1.29, 1.82) is 0 Å². The summed E-state index contributed by atoms with van der Waals surface area (Å²) >= 11 is 0. The zero-order valence-electron chi connectivity index (χ0n) is 9.70.